The third kappa shape index (κ3) is 2.67. The van der Waals surface area contributed by atoms with Gasteiger partial charge >= 0.3 is 0 Å². The Morgan fingerprint density at radius 2 is 1.87 bits per heavy atom. The minimum Gasteiger partial charge on any atom is -0.495 e. The second-order valence-corrected chi connectivity index (χ2v) is 11.0. The van der Waals surface area contributed by atoms with Crippen molar-refractivity contribution in [3.63, 3.8) is 0 Å². The third-order valence-corrected chi connectivity index (χ3v) is 8.23. The SMILES string of the molecule is C=Cc1ccc2c3c([nH]c2c1)C(C)(C)c1cc(OC)c(S(=O)(=O)C(C)C)cc1C3=O. The van der Waals surface area contributed by atoms with E-state index in [-0.39, 0.29) is 16.4 Å². The normalized spacial score (nSPS) is 15.2. The predicted molar refractivity (Wildman–Crippen MR) is 119 cm³/mol. The monoisotopic (exact) mass is 423 g/mol. The highest BCUT2D eigenvalue weighted by Crippen LogP contribution is 2.46. The molecule has 0 spiro atoms. The molecular weight excluding hydrogens is 398 g/mol. The third-order valence-electron chi connectivity index (χ3n) is 6.06. The summed E-state index contributed by atoms with van der Waals surface area (Å²) < 4.78 is 31.3. The summed E-state index contributed by atoms with van der Waals surface area (Å²) in [5, 5.41) is 0.195. The summed E-state index contributed by atoms with van der Waals surface area (Å²) >= 11 is 0. The molecule has 156 valence electrons. The maximum Gasteiger partial charge on any atom is 0.195 e. The summed E-state index contributed by atoms with van der Waals surface area (Å²) in [5.41, 5.74) is 3.83. The van der Waals surface area contributed by atoms with Gasteiger partial charge in [0.05, 0.1) is 17.9 Å². The summed E-state index contributed by atoms with van der Waals surface area (Å²) in [6.07, 6.45) is 1.76. The molecule has 3 aromatic rings. The Labute approximate surface area is 176 Å². The van der Waals surface area contributed by atoms with E-state index in [0.29, 0.717) is 11.1 Å². The van der Waals surface area contributed by atoms with Gasteiger partial charge in [0, 0.05) is 27.6 Å². The number of hydrogen-bond donors (Lipinski definition) is 1. The van der Waals surface area contributed by atoms with Gasteiger partial charge in [-0.05, 0) is 43.2 Å². The van der Waals surface area contributed by atoms with E-state index in [1.54, 1.807) is 26.0 Å². The Hall–Kier alpha value is -2.86. The number of sulfone groups is 1. The molecule has 30 heavy (non-hydrogen) atoms. The van der Waals surface area contributed by atoms with Crippen LogP contribution in [0.1, 0.15) is 60.4 Å². The van der Waals surface area contributed by atoms with Gasteiger partial charge in [0.25, 0.3) is 0 Å². The van der Waals surface area contributed by atoms with Crippen LogP contribution in [0, 0.1) is 0 Å². The number of benzene rings is 2. The van der Waals surface area contributed by atoms with Gasteiger partial charge < -0.3 is 9.72 Å². The molecular formula is C24H25NO4S. The molecule has 0 saturated heterocycles. The number of ketones is 1. The molecule has 0 aliphatic heterocycles. The van der Waals surface area contributed by atoms with E-state index in [1.807, 2.05) is 32.0 Å². The van der Waals surface area contributed by atoms with Crippen LogP contribution in [0.25, 0.3) is 17.0 Å². The summed E-state index contributed by atoms with van der Waals surface area (Å²) in [7, 11) is -2.18. The number of rotatable bonds is 4. The van der Waals surface area contributed by atoms with Crippen molar-refractivity contribution in [2.45, 2.75) is 43.3 Å². The number of carbonyl (C=O) groups excluding carboxylic acids is 1. The Balaban J connectivity index is 2.06. The number of aromatic nitrogens is 1. The van der Waals surface area contributed by atoms with Gasteiger partial charge in [-0.3, -0.25) is 4.79 Å². The number of aromatic amines is 1. The lowest BCUT2D eigenvalue weighted by Gasteiger charge is -2.33. The molecule has 1 aromatic heterocycles. The van der Waals surface area contributed by atoms with E-state index in [2.05, 4.69) is 11.6 Å². The van der Waals surface area contributed by atoms with Gasteiger partial charge in [0.15, 0.2) is 15.6 Å². The van der Waals surface area contributed by atoms with Gasteiger partial charge in [-0.1, -0.05) is 38.6 Å². The maximum atomic E-state index is 13.6. The molecule has 0 atom stereocenters. The second kappa shape index (κ2) is 6.57. The first-order chi connectivity index (χ1) is 14.0. The molecule has 0 saturated carbocycles. The van der Waals surface area contributed by atoms with Crippen LogP contribution in [-0.2, 0) is 15.3 Å². The molecule has 5 nitrogen and oxygen atoms in total. The number of methoxy groups -OCH3 is 1. The molecule has 0 radical (unpaired) electrons. The van der Waals surface area contributed by atoms with Crippen molar-refractivity contribution in [1.29, 1.82) is 0 Å². The van der Waals surface area contributed by atoms with Crippen LogP contribution in [0.2, 0.25) is 0 Å². The van der Waals surface area contributed by atoms with Crippen LogP contribution in [-0.4, -0.2) is 31.5 Å². The molecule has 1 aliphatic rings. The Morgan fingerprint density at radius 3 is 2.47 bits per heavy atom. The van der Waals surface area contributed by atoms with Gasteiger partial charge in [0.1, 0.15) is 10.6 Å². The number of H-pyrrole nitrogens is 1. The lowest BCUT2D eigenvalue weighted by Crippen LogP contribution is -2.31. The van der Waals surface area contributed by atoms with Gasteiger partial charge in [-0.2, -0.15) is 0 Å². The van der Waals surface area contributed by atoms with Crippen LogP contribution < -0.4 is 4.74 Å². The van der Waals surface area contributed by atoms with Crippen molar-refractivity contribution < 1.29 is 17.9 Å². The van der Waals surface area contributed by atoms with E-state index in [4.69, 9.17) is 4.74 Å². The summed E-state index contributed by atoms with van der Waals surface area (Å²) in [6, 6.07) is 8.99. The topological polar surface area (TPSA) is 76.2 Å². The first-order valence-corrected chi connectivity index (χ1v) is 11.4. The standard InChI is InChI=1S/C24H25NO4S/c1-7-14-8-9-15-18(10-14)25-23-21(15)22(26)16-11-20(30(27,28)13(2)3)19(29-6)12-17(16)24(23,4)5/h7-13,25H,1H2,2-6H3. The zero-order chi connectivity index (χ0) is 22.0. The highest BCUT2D eigenvalue weighted by Gasteiger charge is 2.41. The van der Waals surface area contributed by atoms with E-state index in [0.717, 1.165) is 27.7 Å². The number of ether oxygens (including phenoxy) is 1. The van der Waals surface area contributed by atoms with Gasteiger partial charge in [-0.15, -0.1) is 0 Å². The molecule has 0 fully saturated rings. The lowest BCUT2D eigenvalue weighted by atomic mass is 9.71. The van der Waals surface area contributed by atoms with Crippen molar-refractivity contribution in [2.75, 3.05) is 7.11 Å². The summed E-state index contributed by atoms with van der Waals surface area (Å²) in [6.45, 7) is 11.1. The van der Waals surface area contributed by atoms with Crippen molar-refractivity contribution in [1.82, 2.24) is 4.98 Å². The minimum atomic E-state index is -3.63. The molecule has 2 aromatic carbocycles. The van der Waals surface area contributed by atoms with Crippen molar-refractivity contribution in [3.05, 3.63) is 64.9 Å². The van der Waals surface area contributed by atoms with E-state index in [9.17, 15) is 13.2 Å². The van der Waals surface area contributed by atoms with E-state index in [1.165, 1.54) is 13.2 Å². The van der Waals surface area contributed by atoms with Crippen LogP contribution in [0.3, 0.4) is 0 Å². The lowest BCUT2D eigenvalue weighted by molar-refractivity contribution is 0.103. The van der Waals surface area contributed by atoms with E-state index >= 15 is 0 Å². The maximum absolute atomic E-state index is 13.6. The first kappa shape index (κ1) is 20.4. The van der Waals surface area contributed by atoms with Crippen LogP contribution in [0.5, 0.6) is 5.75 Å². The highest BCUT2D eigenvalue weighted by atomic mass is 32.2. The smallest absolute Gasteiger partial charge is 0.195 e. The summed E-state index contributed by atoms with van der Waals surface area (Å²) in [5.74, 6) is 0.0802. The van der Waals surface area contributed by atoms with Crippen molar-refractivity contribution in [2.24, 2.45) is 0 Å². The fraction of sp³-hybridized carbons (Fsp3) is 0.292. The average molecular weight is 424 g/mol. The highest BCUT2D eigenvalue weighted by molar-refractivity contribution is 7.92. The van der Waals surface area contributed by atoms with Crippen LogP contribution in [0.4, 0.5) is 0 Å². The van der Waals surface area contributed by atoms with Gasteiger partial charge in [0.2, 0.25) is 0 Å². The molecule has 1 N–H and O–H groups in total. The quantitative estimate of drug-likeness (QED) is 0.649. The zero-order valence-corrected chi connectivity index (χ0v) is 18.6. The zero-order valence-electron chi connectivity index (χ0n) is 17.8. The molecule has 6 heteroatoms. The fourth-order valence-electron chi connectivity index (χ4n) is 4.22. The number of fused-ring (bicyclic) bond motifs is 4. The number of hydrogen-bond acceptors (Lipinski definition) is 4. The Morgan fingerprint density at radius 1 is 1.17 bits per heavy atom. The predicted octanol–water partition coefficient (Wildman–Crippen LogP) is 4.87. The fourth-order valence-corrected chi connectivity index (χ4v) is 5.43. The van der Waals surface area contributed by atoms with Crippen molar-refractivity contribution in [3.8, 4) is 5.75 Å². The average Bonchev–Trinajstić information content (AvgIpc) is 3.11. The molecule has 0 bridgehead atoms. The van der Waals surface area contributed by atoms with Crippen LogP contribution in [0.15, 0.2) is 41.8 Å². The molecule has 0 amide bonds. The minimum absolute atomic E-state index is 0.0557. The largest absolute Gasteiger partial charge is 0.495 e. The Kier molecular flexibility index (Phi) is 4.47. The summed E-state index contributed by atoms with van der Waals surface area (Å²) in [4.78, 5) is 17.1. The Bertz CT molecular complexity index is 1330. The molecule has 0 unspecified atom stereocenters. The van der Waals surface area contributed by atoms with Crippen molar-refractivity contribution >= 4 is 32.6 Å². The van der Waals surface area contributed by atoms with E-state index < -0.39 is 20.5 Å². The number of carbonyl (C=O) groups is 1. The number of nitrogens with one attached hydrogen (secondary N) is 1. The van der Waals surface area contributed by atoms with Crippen LogP contribution >= 0.6 is 0 Å². The first-order valence-electron chi connectivity index (χ1n) is 9.83. The van der Waals surface area contributed by atoms with Gasteiger partial charge in [-0.25, -0.2) is 8.42 Å². The molecule has 4 rings (SSSR count). The molecule has 1 aliphatic carbocycles. The molecule has 1 heterocycles. The second-order valence-electron chi connectivity index (χ2n) is 8.48.